The van der Waals surface area contributed by atoms with Crippen molar-refractivity contribution in [2.75, 3.05) is 6.54 Å². The molecule has 4 nitrogen and oxygen atoms in total. The molecule has 1 aromatic heterocycles. The van der Waals surface area contributed by atoms with E-state index in [-0.39, 0.29) is 21.7 Å². The summed E-state index contributed by atoms with van der Waals surface area (Å²) in [6, 6.07) is 1.34. The molecule has 0 aromatic carbocycles. The van der Waals surface area contributed by atoms with Crippen LogP contribution in [0.25, 0.3) is 0 Å². The largest absolute Gasteiger partial charge is 0.393 e. The summed E-state index contributed by atoms with van der Waals surface area (Å²) < 4.78 is 27.0. The lowest BCUT2D eigenvalue weighted by molar-refractivity contribution is 0.134. The molecule has 0 aliphatic heterocycles. The predicted octanol–water partition coefficient (Wildman–Crippen LogP) is 2.49. The van der Waals surface area contributed by atoms with Crippen molar-refractivity contribution in [3.63, 3.8) is 0 Å². The van der Waals surface area contributed by atoms with Crippen LogP contribution in [0.3, 0.4) is 0 Å². The highest BCUT2D eigenvalue weighted by atomic mass is 35.5. The molecule has 18 heavy (non-hydrogen) atoms. The molecule has 102 valence electrons. The zero-order chi connectivity index (χ0) is 13.3. The molecule has 2 atom stereocenters. The number of aliphatic hydroxyl groups excluding tert-OH is 1. The molecule has 0 saturated heterocycles. The van der Waals surface area contributed by atoms with Crippen LogP contribution in [-0.2, 0) is 10.0 Å². The van der Waals surface area contributed by atoms with Gasteiger partial charge in [0.25, 0.3) is 0 Å². The van der Waals surface area contributed by atoms with Crippen molar-refractivity contribution >= 4 is 44.6 Å². The third-order valence-corrected chi connectivity index (χ3v) is 6.25. The molecule has 1 aromatic rings. The van der Waals surface area contributed by atoms with E-state index in [9.17, 15) is 13.5 Å². The second kappa shape index (κ2) is 5.64. The van der Waals surface area contributed by atoms with Crippen LogP contribution in [0, 0.1) is 5.92 Å². The molecule has 0 amide bonds. The van der Waals surface area contributed by atoms with Gasteiger partial charge in [0.15, 0.2) is 0 Å². The van der Waals surface area contributed by atoms with Crippen LogP contribution in [0.1, 0.15) is 19.3 Å². The molecular weight excluding hydrogens is 317 g/mol. The molecule has 1 aliphatic carbocycles. The molecule has 1 heterocycles. The van der Waals surface area contributed by atoms with Crippen molar-refractivity contribution in [3.8, 4) is 0 Å². The van der Waals surface area contributed by atoms with E-state index in [4.69, 9.17) is 23.2 Å². The molecule has 2 rings (SSSR count). The van der Waals surface area contributed by atoms with Crippen molar-refractivity contribution in [1.82, 2.24) is 4.72 Å². The van der Waals surface area contributed by atoms with Crippen LogP contribution in [0.5, 0.6) is 0 Å². The third-order valence-electron chi connectivity index (χ3n) is 3.07. The second-order valence-electron chi connectivity index (χ2n) is 4.30. The fraction of sp³-hybridized carbons (Fsp3) is 0.600. The maximum atomic E-state index is 12.0. The fourth-order valence-electron chi connectivity index (χ4n) is 2.06. The van der Waals surface area contributed by atoms with Crippen LogP contribution in [0.4, 0.5) is 0 Å². The number of thiophene rings is 1. The average molecular weight is 330 g/mol. The Morgan fingerprint density at radius 2 is 2.17 bits per heavy atom. The van der Waals surface area contributed by atoms with Crippen molar-refractivity contribution in [2.24, 2.45) is 5.92 Å². The second-order valence-corrected chi connectivity index (χ2v) is 8.32. The zero-order valence-corrected chi connectivity index (χ0v) is 12.5. The molecule has 1 aliphatic rings. The van der Waals surface area contributed by atoms with E-state index in [1.54, 1.807) is 0 Å². The highest BCUT2D eigenvalue weighted by Crippen LogP contribution is 2.34. The Morgan fingerprint density at radius 1 is 1.44 bits per heavy atom. The van der Waals surface area contributed by atoms with Crippen LogP contribution in [0.2, 0.25) is 8.67 Å². The topological polar surface area (TPSA) is 66.4 Å². The SMILES string of the molecule is O=S(=O)(NCC1CCCC1O)c1cc(Cl)sc1Cl. The monoisotopic (exact) mass is 329 g/mol. The number of hydrogen-bond donors (Lipinski definition) is 2. The summed E-state index contributed by atoms with van der Waals surface area (Å²) in [6.45, 7) is 0.229. The highest BCUT2D eigenvalue weighted by molar-refractivity contribution is 7.89. The summed E-state index contributed by atoms with van der Waals surface area (Å²) in [5, 5.41) is 9.64. The Hall–Kier alpha value is 0.150. The van der Waals surface area contributed by atoms with E-state index < -0.39 is 16.1 Å². The van der Waals surface area contributed by atoms with Gasteiger partial charge in [0, 0.05) is 6.54 Å². The van der Waals surface area contributed by atoms with Crippen molar-refractivity contribution in [1.29, 1.82) is 0 Å². The Balaban J connectivity index is 2.06. The van der Waals surface area contributed by atoms with Crippen molar-refractivity contribution in [2.45, 2.75) is 30.3 Å². The van der Waals surface area contributed by atoms with Gasteiger partial charge in [-0.15, -0.1) is 11.3 Å². The number of aliphatic hydroxyl groups is 1. The van der Waals surface area contributed by atoms with E-state index in [1.165, 1.54) is 6.07 Å². The van der Waals surface area contributed by atoms with Gasteiger partial charge in [-0.25, -0.2) is 13.1 Å². The summed E-state index contributed by atoms with van der Waals surface area (Å²) in [6.07, 6.45) is 2.08. The van der Waals surface area contributed by atoms with Crippen LogP contribution < -0.4 is 4.72 Å². The van der Waals surface area contributed by atoms with E-state index in [0.29, 0.717) is 4.34 Å². The molecule has 0 spiro atoms. The Bertz CT molecular complexity index is 529. The Kier molecular flexibility index (Phi) is 4.57. The average Bonchev–Trinajstić information content (AvgIpc) is 2.82. The molecule has 1 fully saturated rings. The zero-order valence-electron chi connectivity index (χ0n) is 9.40. The first kappa shape index (κ1) is 14.6. The minimum absolute atomic E-state index is 0.00616. The van der Waals surface area contributed by atoms with E-state index in [0.717, 1.165) is 30.6 Å². The summed E-state index contributed by atoms with van der Waals surface area (Å²) >= 11 is 12.6. The number of rotatable bonds is 4. The first-order valence-electron chi connectivity index (χ1n) is 5.52. The summed E-state index contributed by atoms with van der Waals surface area (Å²) in [5.74, 6) is -0.0207. The molecule has 0 radical (unpaired) electrons. The van der Waals surface area contributed by atoms with Crippen LogP contribution >= 0.6 is 34.5 Å². The fourth-order valence-corrected chi connectivity index (χ4v) is 5.30. The van der Waals surface area contributed by atoms with Gasteiger partial charge < -0.3 is 5.11 Å². The van der Waals surface area contributed by atoms with Gasteiger partial charge in [0.2, 0.25) is 10.0 Å². The molecule has 0 bridgehead atoms. The maximum Gasteiger partial charge on any atom is 0.242 e. The lowest BCUT2D eigenvalue weighted by Gasteiger charge is -2.14. The minimum Gasteiger partial charge on any atom is -0.393 e. The van der Waals surface area contributed by atoms with Crippen LogP contribution in [0.15, 0.2) is 11.0 Å². The third kappa shape index (κ3) is 3.18. The van der Waals surface area contributed by atoms with Gasteiger partial charge in [-0.1, -0.05) is 29.6 Å². The molecule has 1 saturated carbocycles. The van der Waals surface area contributed by atoms with Gasteiger partial charge in [-0.2, -0.15) is 0 Å². The van der Waals surface area contributed by atoms with Crippen molar-refractivity contribution < 1.29 is 13.5 Å². The Labute approximate surface area is 120 Å². The molecule has 2 N–H and O–H groups in total. The molecular formula is C10H13Cl2NO3S2. The Morgan fingerprint density at radius 3 is 2.67 bits per heavy atom. The van der Waals surface area contributed by atoms with Gasteiger partial charge in [0.05, 0.1) is 10.4 Å². The first-order chi connectivity index (χ1) is 8.40. The smallest absolute Gasteiger partial charge is 0.242 e. The minimum atomic E-state index is -3.65. The first-order valence-corrected chi connectivity index (χ1v) is 8.58. The van der Waals surface area contributed by atoms with E-state index in [2.05, 4.69) is 4.72 Å². The maximum absolute atomic E-state index is 12.0. The highest BCUT2D eigenvalue weighted by Gasteiger charge is 2.28. The van der Waals surface area contributed by atoms with E-state index >= 15 is 0 Å². The summed E-state index contributed by atoms with van der Waals surface area (Å²) in [5.41, 5.74) is 0. The lowest BCUT2D eigenvalue weighted by Crippen LogP contribution is -2.32. The van der Waals surface area contributed by atoms with Gasteiger partial charge in [-0.05, 0) is 24.8 Å². The quantitative estimate of drug-likeness (QED) is 0.891. The van der Waals surface area contributed by atoms with Crippen LogP contribution in [-0.4, -0.2) is 26.2 Å². The lowest BCUT2D eigenvalue weighted by atomic mass is 10.1. The van der Waals surface area contributed by atoms with Gasteiger partial charge >= 0.3 is 0 Å². The molecule has 2 unspecified atom stereocenters. The van der Waals surface area contributed by atoms with Gasteiger partial charge in [0.1, 0.15) is 9.23 Å². The summed E-state index contributed by atoms with van der Waals surface area (Å²) in [7, 11) is -3.65. The predicted molar refractivity (Wildman–Crippen MR) is 72.9 cm³/mol. The number of hydrogen-bond acceptors (Lipinski definition) is 4. The standard InChI is InChI=1S/C10H13Cl2NO3S2/c11-9-4-8(10(12)17-9)18(15,16)13-5-6-2-1-3-7(6)14/h4,6-7,13-14H,1-3,5H2. The summed E-state index contributed by atoms with van der Waals surface area (Å²) in [4.78, 5) is 0.00616. The number of sulfonamides is 1. The van der Waals surface area contributed by atoms with Crippen molar-refractivity contribution in [3.05, 3.63) is 14.7 Å². The van der Waals surface area contributed by atoms with Gasteiger partial charge in [-0.3, -0.25) is 0 Å². The normalized spacial score (nSPS) is 24.6. The number of halogens is 2. The number of nitrogens with one attached hydrogen (secondary N) is 1. The molecule has 8 heteroatoms. The van der Waals surface area contributed by atoms with E-state index in [1.807, 2.05) is 0 Å².